The third-order valence-corrected chi connectivity index (χ3v) is 7.50. The highest BCUT2D eigenvalue weighted by molar-refractivity contribution is 5.98. The van der Waals surface area contributed by atoms with Crippen molar-refractivity contribution in [1.29, 1.82) is 0 Å². The first-order valence-electron chi connectivity index (χ1n) is 13.1. The molecule has 1 heterocycles. The molecule has 2 atom stereocenters. The molecule has 6 nitrogen and oxygen atoms in total. The van der Waals surface area contributed by atoms with Crippen molar-refractivity contribution in [2.24, 2.45) is 11.8 Å². The van der Waals surface area contributed by atoms with E-state index in [4.69, 9.17) is 4.98 Å². The molecule has 1 aromatic heterocycles. The van der Waals surface area contributed by atoms with Gasteiger partial charge in [-0.3, -0.25) is 4.79 Å². The number of anilines is 2. The van der Waals surface area contributed by atoms with Gasteiger partial charge < -0.3 is 19.9 Å². The first-order valence-corrected chi connectivity index (χ1v) is 13.1. The SMILES string of the molecule is CC1CC(C)CC(n2c(Nc3ccc(OC(F)(F)F)cc3)nc3ccc(C(=O)NC4CCCC4)cc32)C1. The van der Waals surface area contributed by atoms with Gasteiger partial charge in [-0.05, 0) is 86.4 Å². The zero-order valence-corrected chi connectivity index (χ0v) is 21.1. The maximum atomic E-state index is 13.0. The molecule has 198 valence electrons. The number of nitrogens with one attached hydrogen (secondary N) is 2. The van der Waals surface area contributed by atoms with E-state index in [0.29, 0.717) is 29.0 Å². The summed E-state index contributed by atoms with van der Waals surface area (Å²) in [6.07, 6.45) is 2.74. The molecule has 2 unspecified atom stereocenters. The van der Waals surface area contributed by atoms with Gasteiger partial charge in [0.25, 0.3) is 5.91 Å². The molecule has 0 bridgehead atoms. The summed E-state index contributed by atoms with van der Waals surface area (Å²) in [5.74, 6) is 1.36. The molecule has 2 aliphatic rings. The van der Waals surface area contributed by atoms with Gasteiger partial charge in [0.05, 0.1) is 11.0 Å². The van der Waals surface area contributed by atoms with Gasteiger partial charge in [0, 0.05) is 23.3 Å². The molecule has 0 spiro atoms. The lowest BCUT2D eigenvalue weighted by atomic mass is 9.80. The van der Waals surface area contributed by atoms with E-state index in [0.717, 1.165) is 49.6 Å². The second-order valence-electron chi connectivity index (χ2n) is 10.7. The van der Waals surface area contributed by atoms with Gasteiger partial charge in [0.2, 0.25) is 5.95 Å². The van der Waals surface area contributed by atoms with Crippen LogP contribution in [0.2, 0.25) is 0 Å². The van der Waals surface area contributed by atoms with Crippen molar-refractivity contribution >= 4 is 28.6 Å². The molecule has 2 fully saturated rings. The number of carbonyl (C=O) groups is 1. The van der Waals surface area contributed by atoms with Crippen LogP contribution in [0.4, 0.5) is 24.8 Å². The summed E-state index contributed by atoms with van der Waals surface area (Å²) in [6.45, 7) is 4.52. The predicted molar refractivity (Wildman–Crippen MR) is 137 cm³/mol. The van der Waals surface area contributed by atoms with Gasteiger partial charge >= 0.3 is 6.36 Å². The zero-order chi connectivity index (χ0) is 26.2. The Balaban J connectivity index is 1.48. The summed E-state index contributed by atoms with van der Waals surface area (Å²) < 4.78 is 43.8. The van der Waals surface area contributed by atoms with Crippen LogP contribution in [0.1, 0.15) is 75.2 Å². The molecule has 2 N–H and O–H groups in total. The average molecular weight is 515 g/mol. The summed E-state index contributed by atoms with van der Waals surface area (Å²) in [6, 6.07) is 11.6. The van der Waals surface area contributed by atoms with E-state index in [1.165, 1.54) is 30.7 Å². The molecular formula is C28H33F3N4O2. The van der Waals surface area contributed by atoms with Crippen molar-refractivity contribution in [2.45, 2.75) is 77.2 Å². The highest BCUT2D eigenvalue weighted by Crippen LogP contribution is 2.40. The van der Waals surface area contributed by atoms with Gasteiger partial charge in [0.15, 0.2) is 0 Å². The van der Waals surface area contributed by atoms with Gasteiger partial charge in [-0.1, -0.05) is 26.7 Å². The maximum absolute atomic E-state index is 13.0. The first-order chi connectivity index (χ1) is 17.6. The summed E-state index contributed by atoms with van der Waals surface area (Å²) in [4.78, 5) is 17.8. The second-order valence-corrected chi connectivity index (χ2v) is 10.7. The number of alkyl halides is 3. The highest BCUT2D eigenvalue weighted by atomic mass is 19.4. The highest BCUT2D eigenvalue weighted by Gasteiger charge is 2.31. The number of amides is 1. The summed E-state index contributed by atoms with van der Waals surface area (Å²) in [5.41, 5.74) is 2.85. The molecular weight excluding hydrogens is 481 g/mol. The number of halogens is 3. The number of ether oxygens (including phenoxy) is 1. The Morgan fingerprint density at radius 3 is 2.32 bits per heavy atom. The fourth-order valence-corrected chi connectivity index (χ4v) is 6.02. The van der Waals surface area contributed by atoms with Crippen molar-refractivity contribution in [3.8, 4) is 5.75 Å². The first kappa shape index (κ1) is 25.4. The van der Waals surface area contributed by atoms with E-state index in [2.05, 4.69) is 33.8 Å². The van der Waals surface area contributed by atoms with Crippen molar-refractivity contribution in [3.63, 3.8) is 0 Å². The van der Waals surface area contributed by atoms with Crippen LogP contribution in [-0.2, 0) is 0 Å². The van der Waals surface area contributed by atoms with E-state index in [9.17, 15) is 18.0 Å². The largest absolute Gasteiger partial charge is 0.573 e. The van der Waals surface area contributed by atoms with Gasteiger partial charge in [0.1, 0.15) is 5.75 Å². The van der Waals surface area contributed by atoms with E-state index in [-0.39, 0.29) is 23.7 Å². The number of hydrogen-bond donors (Lipinski definition) is 2. The van der Waals surface area contributed by atoms with Gasteiger partial charge in [-0.25, -0.2) is 4.98 Å². The number of benzene rings is 2. The molecule has 0 radical (unpaired) electrons. The number of aromatic nitrogens is 2. The van der Waals surface area contributed by atoms with Crippen molar-refractivity contribution in [2.75, 3.05) is 5.32 Å². The lowest BCUT2D eigenvalue weighted by Gasteiger charge is -2.33. The van der Waals surface area contributed by atoms with Gasteiger partial charge in [-0.2, -0.15) is 0 Å². The zero-order valence-electron chi connectivity index (χ0n) is 21.1. The van der Waals surface area contributed by atoms with Crippen LogP contribution in [0, 0.1) is 11.8 Å². The molecule has 2 aliphatic carbocycles. The minimum atomic E-state index is -4.74. The fourth-order valence-electron chi connectivity index (χ4n) is 6.02. The van der Waals surface area contributed by atoms with Crippen LogP contribution in [0.5, 0.6) is 5.75 Å². The van der Waals surface area contributed by atoms with Crippen LogP contribution in [0.3, 0.4) is 0 Å². The Morgan fingerprint density at radius 2 is 1.68 bits per heavy atom. The van der Waals surface area contributed by atoms with Crippen LogP contribution in [-0.4, -0.2) is 27.9 Å². The van der Waals surface area contributed by atoms with E-state index in [1.54, 1.807) is 0 Å². The molecule has 3 aromatic rings. The number of fused-ring (bicyclic) bond motifs is 1. The van der Waals surface area contributed by atoms with Crippen LogP contribution in [0.25, 0.3) is 11.0 Å². The summed E-state index contributed by atoms with van der Waals surface area (Å²) in [7, 11) is 0. The van der Waals surface area contributed by atoms with E-state index < -0.39 is 6.36 Å². The Bertz CT molecular complexity index is 1240. The quantitative estimate of drug-likeness (QED) is 0.361. The van der Waals surface area contributed by atoms with E-state index >= 15 is 0 Å². The third-order valence-electron chi connectivity index (χ3n) is 7.50. The van der Waals surface area contributed by atoms with Crippen molar-refractivity contribution in [1.82, 2.24) is 14.9 Å². The number of carbonyl (C=O) groups excluding carboxylic acids is 1. The maximum Gasteiger partial charge on any atom is 0.573 e. The van der Waals surface area contributed by atoms with Crippen molar-refractivity contribution in [3.05, 3.63) is 48.0 Å². The Hall–Kier alpha value is -3.23. The second kappa shape index (κ2) is 10.3. The molecule has 0 saturated heterocycles. The smallest absolute Gasteiger partial charge is 0.406 e. The average Bonchev–Trinajstić information content (AvgIpc) is 3.45. The topological polar surface area (TPSA) is 68.2 Å². The molecule has 9 heteroatoms. The number of imidazole rings is 1. The van der Waals surface area contributed by atoms with Crippen molar-refractivity contribution < 1.29 is 22.7 Å². The Labute approximate surface area is 214 Å². The molecule has 2 aromatic carbocycles. The molecule has 37 heavy (non-hydrogen) atoms. The molecule has 5 rings (SSSR count). The standard InChI is InChI=1S/C28H33F3N4O2/c1-17-13-18(2)15-22(14-17)35-25-16-19(26(36)32-20-5-3-4-6-20)7-12-24(25)34-27(35)33-21-8-10-23(11-9-21)37-28(29,30)31/h7-12,16-18,20,22H,3-6,13-15H2,1-2H3,(H,32,36)(H,33,34). The lowest BCUT2D eigenvalue weighted by molar-refractivity contribution is -0.274. The fraction of sp³-hybridized carbons (Fsp3) is 0.500. The summed E-state index contributed by atoms with van der Waals surface area (Å²) in [5, 5.41) is 6.47. The van der Waals surface area contributed by atoms with E-state index in [1.807, 2.05) is 18.2 Å². The van der Waals surface area contributed by atoms with Crippen LogP contribution < -0.4 is 15.4 Å². The molecule has 1 amide bonds. The molecule has 0 aliphatic heterocycles. The number of rotatable bonds is 6. The Morgan fingerprint density at radius 1 is 1.00 bits per heavy atom. The predicted octanol–water partition coefficient (Wildman–Crippen LogP) is 7.35. The molecule has 2 saturated carbocycles. The van der Waals surface area contributed by atoms with Crippen LogP contribution in [0.15, 0.2) is 42.5 Å². The van der Waals surface area contributed by atoms with Crippen LogP contribution >= 0.6 is 0 Å². The number of nitrogens with zero attached hydrogens (tertiary/aromatic N) is 2. The monoisotopic (exact) mass is 514 g/mol. The third kappa shape index (κ3) is 6.02. The normalized spacial score (nSPS) is 22.8. The lowest BCUT2D eigenvalue weighted by Crippen LogP contribution is -2.32. The minimum Gasteiger partial charge on any atom is -0.406 e. The minimum absolute atomic E-state index is 0.0679. The van der Waals surface area contributed by atoms with Gasteiger partial charge in [-0.15, -0.1) is 13.2 Å². The Kier molecular flexibility index (Phi) is 7.05. The number of hydrogen-bond acceptors (Lipinski definition) is 4. The summed E-state index contributed by atoms with van der Waals surface area (Å²) >= 11 is 0.